The number of benzene rings is 7. The average molecular weight is 631 g/mol. The van der Waals surface area contributed by atoms with Crippen molar-refractivity contribution in [3.05, 3.63) is 157 Å². The molecule has 1 aliphatic carbocycles. The monoisotopic (exact) mass is 630 g/mol. The van der Waals surface area contributed by atoms with Crippen LogP contribution in [0.15, 0.2) is 146 Å². The summed E-state index contributed by atoms with van der Waals surface area (Å²) in [6.45, 7) is 4.66. The molecule has 2 aromatic heterocycles. The van der Waals surface area contributed by atoms with Gasteiger partial charge in [0, 0.05) is 47.5 Å². The highest BCUT2D eigenvalue weighted by Gasteiger charge is 2.35. The molecule has 0 N–H and O–H groups in total. The van der Waals surface area contributed by atoms with E-state index >= 15 is 0 Å². The summed E-state index contributed by atoms with van der Waals surface area (Å²) in [7, 11) is 0. The van der Waals surface area contributed by atoms with Gasteiger partial charge in [0.2, 0.25) is 0 Å². The molecule has 2 heterocycles. The van der Waals surface area contributed by atoms with E-state index in [-0.39, 0.29) is 5.41 Å². The molecule has 0 saturated heterocycles. The zero-order chi connectivity index (χ0) is 32.0. The Morgan fingerprint density at radius 1 is 0.479 bits per heavy atom. The van der Waals surface area contributed by atoms with Crippen LogP contribution >= 0.6 is 11.3 Å². The van der Waals surface area contributed by atoms with Crippen molar-refractivity contribution in [3.8, 4) is 44.9 Å². The van der Waals surface area contributed by atoms with Gasteiger partial charge in [0.25, 0.3) is 0 Å². The molecule has 0 saturated carbocycles. The van der Waals surface area contributed by atoms with Crippen molar-refractivity contribution < 1.29 is 0 Å². The van der Waals surface area contributed by atoms with Gasteiger partial charge >= 0.3 is 0 Å². The minimum absolute atomic E-state index is 0.0802. The van der Waals surface area contributed by atoms with E-state index in [1.807, 2.05) is 11.3 Å². The molecule has 2 nitrogen and oxygen atoms in total. The van der Waals surface area contributed by atoms with Crippen molar-refractivity contribution in [1.82, 2.24) is 9.97 Å². The maximum atomic E-state index is 5.30. The average Bonchev–Trinajstić information content (AvgIpc) is 3.63. The van der Waals surface area contributed by atoms with Crippen molar-refractivity contribution in [2.75, 3.05) is 0 Å². The zero-order valence-corrected chi connectivity index (χ0v) is 27.5. The van der Waals surface area contributed by atoms with Gasteiger partial charge in [-0.3, -0.25) is 0 Å². The van der Waals surface area contributed by atoms with Crippen molar-refractivity contribution in [3.63, 3.8) is 0 Å². The molecule has 0 aliphatic heterocycles. The van der Waals surface area contributed by atoms with Crippen molar-refractivity contribution in [1.29, 1.82) is 0 Å². The van der Waals surface area contributed by atoms with Crippen LogP contribution in [0, 0.1) is 0 Å². The van der Waals surface area contributed by atoms with Crippen molar-refractivity contribution >= 4 is 53.2 Å². The van der Waals surface area contributed by atoms with E-state index in [0.29, 0.717) is 0 Å². The topological polar surface area (TPSA) is 25.8 Å². The summed E-state index contributed by atoms with van der Waals surface area (Å²) in [6.07, 6.45) is 0. The van der Waals surface area contributed by atoms with E-state index in [2.05, 4.69) is 159 Å². The fraction of sp³-hybridized carbons (Fsp3) is 0.0667. The molecule has 0 fully saturated rings. The van der Waals surface area contributed by atoms with Gasteiger partial charge in [0.05, 0.1) is 11.2 Å². The SMILES string of the molecule is CC1(C)c2ccccc2-c2ccc(-c3nc(-c4cccc(-c5ccc6ccc7c8ccccc8sc7c6c5)c4)nc4ccccc34)cc21. The second kappa shape index (κ2) is 10.2. The predicted molar refractivity (Wildman–Crippen MR) is 204 cm³/mol. The third kappa shape index (κ3) is 4.04. The smallest absolute Gasteiger partial charge is 0.160 e. The molecule has 0 radical (unpaired) electrons. The maximum absolute atomic E-state index is 5.30. The highest BCUT2D eigenvalue weighted by Crippen LogP contribution is 2.49. The second-order valence-corrected chi connectivity index (χ2v) is 14.5. The molecule has 9 aromatic rings. The Morgan fingerprint density at radius 3 is 2.15 bits per heavy atom. The lowest BCUT2D eigenvalue weighted by Gasteiger charge is -2.22. The van der Waals surface area contributed by atoms with Crippen molar-refractivity contribution in [2.24, 2.45) is 0 Å². The first kappa shape index (κ1) is 27.5. The summed E-state index contributed by atoms with van der Waals surface area (Å²) in [5.74, 6) is 0.737. The third-order valence-corrected chi connectivity index (χ3v) is 11.5. The molecule has 0 unspecified atom stereocenters. The molecule has 0 spiro atoms. The summed E-state index contributed by atoms with van der Waals surface area (Å²) in [5.41, 5.74) is 11.7. The number of thiophene rings is 1. The fourth-order valence-corrected chi connectivity index (χ4v) is 9.03. The van der Waals surface area contributed by atoms with Crippen LogP contribution in [0.3, 0.4) is 0 Å². The van der Waals surface area contributed by atoms with Crippen LogP contribution in [0.2, 0.25) is 0 Å². The van der Waals surface area contributed by atoms with Crippen LogP contribution in [0.5, 0.6) is 0 Å². The predicted octanol–water partition coefficient (Wildman–Crippen LogP) is 12.5. The zero-order valence-electron chi connectivity index (χ0n) is 26.7. The Labute approximate surface area is 283 Å². The van der Waals surface area contributed by atoms with Gasteiger partial charge in [0.1, 0.15) is 0 Å². The molecule has 7 aromatic carbocycles. The van der Waals surface area contributed by atoms with Crippen LogP contribution < -0.4 is 0 Å². The Hall–Kier alpha value is -5.64. The van der Waals surface area contributed by atoms with Crippen LogP contribution in [-0.2, 0) is 5.41 Å². The second-order valence-electron chi connectivity index (χ2n) is 13.4. The summed E-state index contributed by atoms with van der Waals surface area (Å²) < 4.78 is 2.67. The normalized spacial score (nSPS) is 13.4. The number of rotatable bonds is 3. The molecule has 0 amide bonds. The lowest BCUT2D eigenvalue weighted by atomic mass is 9.82. The summed E-state index contributed by atoms with van der Waals surface area (Å²) >= 11 is 1.88. The Morgan fingerprint density at radius 2 is 1.21 bits per heavy atom. The molecule has 48 heavy (non-hydrogen) atoms. The highest BCUT2D eigenvalue weighted by molar-refractivity contribution is 7.26. The molecule has 1 aliphatic rings. The molecular weight excluding hydrogens is 601 g/mol. The van der Waals surface area contributed by atoms with Crippen LogP contribution in [-0.4, -0.2) is 9.97 Å². The number of para-hydroxylation sites is 1. The first-order valence-corrected chi connectivity index (χ1v) is 17.3. The molecule has 0 atom stereocenters. The Balaban J connectivity index is 1.11. The fourth-order valence-electron chi connectivity index (χ4n) is 7.80. The molecular formula is C45H30N2S. The standard InChI is InChI=1S/C45H30N2S/c1-45(2)38-15-6-3-12-32(38)33-22-21-30(26-39(33)45)42-36-14-4-7-16-40(36)46-44(47-42)31-11-9-10-28(24-31)29-19-18-27-20-23-35-34-13-5-8-17-41(34)48-43(35)37(27)25-29/h3-26H,1-2H3. The van der Waals surface area contributed by atoms with E-state index in [0.717, 1.165) is 39.1 Å². The minimum atomic E-state index is -0.0802. The van der Waals surface area contributed by atoms with Gasteiger partial charge in [0.15, 0.2) is 5.82 Å². The van der Waals surface area contributed by atoms with E-state index < -0.39 is 0 Å². The number of hydrogen-bond donors (Lipinski definition) is 0. The van der Waals surface area contributed by atoms with Gasteiger partial charge < -0.3 is 0 Å². The molecule has 226 valence electrons. The van der Waals surface area contributed by atoms with Gasteiger partial charge in [-0.25, -0.2) is 9.97 Å². The Kier molecular flexibility index (Phi) is 5.82. The highest BCUT2D eigenvalue weighted by atomic mass is 32.1. The summed E-state index contributed by atoms with van der Waals surface area (Å²) in [5, 5.41) is 6.27. The van der Waals surface area contributed by atoms with Gasteiger partial charge in [-0.05, 0) is 69.1 Å². The molecule has 3 heteroatoms. The first-order chi connectivity index (χ1) is 23.5. The molecule has 10 rings (SSSR count). The van der Waals surface area contributed by atoms with Crippen LogP contribution in [0.4, 0.5) is 0 Å². The van der Waals surface area contributed by atoms with Crippen LogP contribution in [0.25, 0.3) is 86.7 Å². The van der Waals surface area contributed by atoms with Crippen LogP contribution in [0.1, 0.15) is 25.0 Å². The van der Waals surface area contributed by atoms with E-state index in [4.69, 9.17) is 9.97 Å². The van der Waals surface area contributed by atoms with Gasteiger partial charge in [-0.2, -0.15) is 0 Å². The van der Waals surface area contributed by atoms with Crippen molar-refractivity contribution in [2.45, 2.75) is 19.3 Å². The third-order valence-electron chi connectivity index (χ3n) is 10.3. The van der Waals surface area contributed by atoms with E-state index in [1.54, 1.807) is 0 Å². The summed E-state index contributed by atoms with van der Waals surface area (Å²) in [6, 6.07) is 52.8. The number of hydrogen-bond acceptors (Lipinski definition) is 3. The maximum Gasteiger partial charge on any atom is 0.160 e. The number of fused-ring (bicyclic) bond motifs is 9. The van der Waals surface area contributed by atoms with E-state index in [9.17, 15) is 0 Å². The molecule has 0 bridgehead atoms. The Bertz CT molecular complexity index is 2770. The minimum Gasteiger partial charge on any atom is -0.228 e. The number of nitrogens with zero attached hydrogens (tertiary/aromatic N) is 2. The summed E-state index contributed by atoms with van der Waals surface area (Å²) in [4.78, 5) is 10.4. The number of aromatic nitrogens is 2. The van der Waals surface area contributed by atoms with Gasteiger partial charge in [-0.1, -0.05) is 129 Å². The lowest BCUT2D eigenvalue weighted by molar-refractivity contribution is 0.660. The first-order valence-electron chi connectivity index (χ1n) is 16.5. The largest absolute Gasteiger partial charge is 0.228 e. The van der Waals surface area contributed by atoms with Gasteiger partial charge in [-0.15, -0.1) is 11.3 Å². The quantitative estimate of drug-likeness (QED) is 0.194. The lowest BCUT2D eigenvalue weighted by Crippen LogP contribution is -2.14. The van der Waals surface area contributed by atoms with E-state index in [1.165, 1.54) is 58.8 Å².